The summed E-state index contributed by atoms with van der Waals surface area (Å²) in [5.74, 6) is 0. The third-order valence-electron chi connectivity index (χ3n) is 1.09. The van der Waals surface area contributed by atoms with Crippen molar-refractivity contribution in [1.29, 1.82) is 0 Å². The van der Waals surface area contributed by atoms with Gasteiger partial charge in [0.25, 0.3) is 0 Å². The van der Waals surface area contributed by atoms with Crippen LogP contribution in [-0.2, 0) is 10.0 Å². The molecule has 6 nitrogen and oxygen atoms in total. The number of nitrogens with zero attached hydrogens (tertiary/aromatic N) is 1. The Morgan fingerprint density at radius 2 is 2.07 bits per heavy atom. The van der Waals surface area contributed by atoms with Gasteiger partial charge in [0, 0.05) is 18.9 Å². The monoisotopic (exact) mass is 219 g/mol. The van der Waals surface area contributed by atoms with Gasteiger partial charge in [0.1, 0.15) is 4.90 Å². The van der Waals surface area contributed by atoms with Gasteiger partial charge in [0.05, 0.1) is 6.61 Å². The highest BCUT2D eigenvalue weighted by atomic mass is 32.2. The minimum Gasteiger partial charge on any atom is -0.395 e. The Morgan fingerprint density at radius 3 is 2.29 bits per heavy atom. The molecule has 80 valence electrons. The minimum absolute atomic E-state index is 0.0370. The molecule has 1 rings (SSSR count). The van der Waals surface area contributed by atoms with Gasteiger partial charge in [-0.3, -0.25) is 4.98 Å². The second-order valence-electron chi connectivity index (χ2n) is 2.25. The Morgan fingerprint density at radius 1 is 1.50 bits per heavy atom. The van der Waals surface area contributed by atoms with E-state index in [-0.39, 0.29) is 11.5 Å². The summed E-state index contributed by atoms with van der Waals surface area (Å²) >= 11 is 0. The summed E-state index contributed by atoms with van der Waals surface area (Å²) in [6, 6.07) is 2.90. The van der Waals surface area contributed by atoms with Crippen molar-refractivity contribution in [3.8, 4) is 0 Å². The molecular formula is C7H13N3O3S. The average Bonchev–Trinajstić information content (AvgIpc) is 2.18. The van der Waals surface area contributed by atoms with Crippen LogP contribution in [0.25, 0.3) is 0 Å². The Kier molecular flexibility index (Phi) is 5.97. The molecule has 1 heterocycles. The summed E-state index contributed by atoms with van der Waals surface area (Å²) in [7, 11) is -3.57. The Labute approximate surface area is 82.6 Å². The lowest BCUT2D eigenvalue weighted by molar-refractivity contribution is 0.306. The van der Waals surface area contributed by atoms with Crippen LogP contribution in [0.3, 0.4) is 0 Å². The van der Waals surface area contributed by atoms with Crippen LogP contribution in [0.5, 0.6) is 0 Å². The molecule has 0 aliphatic rings. The predicted octanol–water partition coefficient (Wildman–Crippen LogP) is -1.33. The first-order valence-electron chi connectivity index (χ1n) is 3.76. The molecule has 0 aromatic carbocycles. The standard InChI is InChI=1S/C5H6N2O2S.C2H7NO/c6-10(8,9)5-2-1-3-7-4-5;3-1-2-4/h1-4H,(H2,6,8,9);4H,1-3H2. The zero-order valence-electron chi connectivity index (χ0n) is 7.50. The molecule has 0 amide bonds. The SMILES string of the molecule is NCCO.NS(=O)(=O)c1cccnc1. The molecule has 0 saturated carbocycles. The van der Waals surface area contributed by atoms with E-state index < -0.39 is 10.0 Å². The van der Waals surface area contributed by atoms with Gasteiger partial charge in [0.2, 0.25) is 10.0 Å². The summed E-state index contributed by atoms with van der Waals surface area (Å²) in [6.07, 6.45) is 2.68. The van der Waals surface area contributed by atoms with Crippen LogP contribution >= 0.6 is 0 Å². The van der Waals surface area contributed by atoms with Gasteiger partial charge < -0.3 is 10.8 Å². The van der Waals surface area contributed by atoms with Crippen molar-refractivity contribution >= 4 is 10.0 Å². The van der Waals surface area contributed by atoms with E-state index in [2.05, 4.69) is 4.98 Å². The second-order valence-corrected chi connectivity index (χ2v) is 3.81. The smallest absolute Gasteiger partial charge is 0.239 e. The Hall–Kier alpha value is -1.02. The molecule has 0 aliphatic heterocycles. The fourth-order valence-corrected chi connectivity index (χ4v) is 0.991. The summed E-state index contributed by atoms with van der Waals surface area (Å²) in [5, 5.41) is 12.5. The fourth-order valence-electron chi connectivity index (χ4n) is 0.515. The van der Waals surface area contributed by atoms with E-state index in [9.17, 15) is 8.42 Å². The molecule has 0 unspecified atom stereocenters. The maximum absolute atomic E-state index is 10.6. The minimum atomic E-state index is -3.57. The second kappa shape index (κ2) is 6.44. The normalized spacial score (nSPS) is 10.2. The Bertz CT molecular complexity index is 336. The van der Waals surface area contributed by atoms with Gasteiger partial charge in [-0.1, -0.05) is 0 Å². The van der Waals surface area contributed by atoms with Crippen molar-refractivity contribution in [3.63, 3.8) is 0 Å². The number of aromatic nitrogens is 1. The molecule has 5 N–H and O–H groups in total. The van der Waals surface area contributed by atoms with Crippen molar-refractivity contribution in [3.05, 3.63) is 24.5 Å². The lowest BCUT2D eigenvalue weighted by Crippen LogP contribution is -2.11. The highest BCUT2D eigenvalue weighted by Crippen LogP contribution is 2.00. The fraction of sp³-hybridized carbons (Fsp3) is 0.286. The van der Waals surface area contributed by atoms with Crippen LogP contribution in [0, 0.1) is 0 Å². The van der Waals surface area contributed by atoms with Crippen LogP contribution in [0.2, 0.25) is 0 Å². The molecule has 1 aromatic rings. The molecule has 14 heavy (non-hydrogen) atoms. The molecule has 0 fully saturated rings. The van der Waals surface area contributed by atoms with Gasteiger partial charge in [0.15, 0.2) is 0 Å². The highest BCUT2D eigenvalue weighted by molar-refractivity contribution is 7.89. The summed E-state index contributed by atoms with van der Waals surface area (Å²) in [4.78, 5) is 3.63. The zero-order chi connectivity index (χ0) is 11.0. The number of hydrogen-bond donors (Lipinski definition) is 3. The molecular weight excluding hydrogens is 206 g/mol. The lowest BCUT2D eigenvalue weighted by Gasteiger charge is -1.92. The predicted molar refractivity (Wildman–Crippen MR) is 51.8 cm³/mol. The van der Waals surface area contributed by atoms with Gasteiger partial charge >= 0.3 is 0 Å². The van der Waals surface area contributed by atoms with Crippen LogP contribution in [-0.4, -0.2) is 31.7 Å². The molecule has 7 heteroatoms. The molecule has 0 radical (unpaired) electrons. The molecule has 0 saturated heterocycles. The number of rotatable bonds is 2. The number of aliphatic hydroxyl groups excluding tert-OH is 1. The van der Waals surface area contributed by atoms with Crippen LogP contribution in [0.15, 0.2) is 29.4 Å². The van der Waals surface area contributed by atoms with E-state index >= 15 is 0 Å². The third-order valence-corrected chi connectivity index (χ3v) is 1.99. The molecule has 0 aliphatic carbocycles. The maximum Gasteiger partial charge on any atom is 0.239 e. The van der Waals surface area contributed by atoms with Crippen LogP contribution in [0.4, 0.5) is 0 Å². The van der Waals surface area contributed by atoms with E-state index in [0.29, 0.717) is 6.54 Å². The lowest BCUT2D eigenvalue weighted by atomic mass is 10.5. The van der Waals surface area contributed by atoms with Gasteiger partial charge in [-0.15, -0.1) is 0 Å². The number of primary sulfonamides is 1. The van der Waals surface area contributed by atoms with Crippen molar-refractivity contribution in [2.75, 3.05) is 13.2 Å². The number of hydrogen-bond acceptors (Lipinski definition) is 5. The van der Waals surface area contributed by atoms with Crippen molar-refractivity contribution in [2.45, 2.75) is 4.90 Å². The topological polar surface area (TPSA) is 119 Å². The molecule has 0 spiro atoms. The third kappa shape index (κ3) is 5.60. The molecule has 1 aromatic heterocycles. The van der Waals surface area contributed by atoms with E-state index in [0.717, 1.165) is 0 Å². The number of sulfonamides is 1. The quantitative estimate of drug-likeness (QED) is 0.569. The molecule has 0 bridgehead atoms. The largest absolute Gasteiger partial charge is 0.395 e. The summed E-state index contributed by atoms with van der Waals surface area (Å²) in [6.45, 7) is 0.472. The van der Waals surface area contributed by atoms with Crippen molar-refractivity contribution in [2.24, 2.45) is 10.9 Å². The van der Waals surface area contributed by atoms with Crippen LogP contribution in [0.1, 0.15) is 0 Å². The highest BCUT2D eigenvalue weighted by Gasteiger charge is 2.04. The van der Waals surface area contributed by atoms with Crippen molar-refractivity contribution in [1.82, 2.24) is 4.98 Å². The van der Waals surface area contributed by atoms with Gasteiger partial charge in [-0.25, -0.2) is 13.6 Å². The zero-order valence-corrected chi connectivity index (χ0v) is 8.31. The molecule has 0 atom stereocenters. The number of nitrogens with two attached hydrogens (primary N) is 2. The van der Waals surface area contributed by atoms with Gasteiger partial charge in [-0.05, 0) is 12.1 Å². The first kappa shape index (κ1) is 13.0. The number of pyridine rings is 1. The Balaban J connectivity index is 0.000000364. The van der Waals surface area contributed by atoms with Gasteiger partial charge in [-0.2, -0.15) is 0 Å². The summed E-state index contributed by atoms with van der Waals surface area (Å²) < 4.78 is 21.1. The van der Waals surface area contributed by atoms with E-state index in [1.807, 2.05) is 0 Å². The maximum atomic E-state index is 10.6. The van der Waals surface area contributed by atoms with E-state index in [1.165, 1.54) is 24.5 Å². The van der Waals surface area contributed by atoms with E-state index in [4.69, 9.17) is 16.0 Å². The first-order chi connectivity index (χ1) is 6.52. The number of aliphatic hydroxyl groups is 1. The van der Waals surface area contributed by atoms with Crippen LogP contribution < -0.4 is 10.9 Å². The average molecular weight is 219 g/mol. The summed E-state index contributed by atoms with van der Waals surface area (Å²) in [5.41, 5.74) is 4.78. The van der Waals surface area contributed by atoms with E-state index in [1.54, 1.807) is 0 Å². The first-order valence-corrected chi connectivity index (χ1v) is 5.30. The van der Waals surface area contributed by atoms with Crippen molar-refractivity contribution < 1.29 is 13.5 Å².